The maximum Gasteiger partial charge on any atom is 0.303 e. The van der Waals surface area contributed by atoms with Gasteiger partial charge in [0, 0.05) is 23.8 Å². The monoisotopic (exact) mass is 388 g/mol. The first-order valence-electron chi connectivity index (χ1n) is 9.27. The van der Waals surface area contributed by atoms with Crippen LogP contribution < -0.4 is 10.2 Å². The van der Waals surface area contributed by atoms with E-state index in [4.69, 9.17) is 11.6 Å². The number of aliphatic hydroxyl groups excluding tert-OH is 1. The molecule has 0 aromatic heterocycles. The lowest BCUT2D eigenvalue weighted by Crippen LogP contribution is -2.22. The zero-order valence-electron chi connectivity index (χ0n) is 15.4. The Morgan fingerprint density at radius 1 is 1.30 bits per heavy atom. The van der Waals surface area contributed by atoms with E-state index in [-0.39, 0.29) is 18.4 Å². The molecule has 0 bridgehead atoms. The molecular weight excluding hydrogens is 364 g/mol. The molecule has 1 fully saturated rings. The average Bonchev–Trinajstić information content (AvgIpc) is 3.07. The van der Waals surface area contributed by atoms with Crippen LogP contribution in [0.4, 0.5) is 17.1 Å². The molecule has 1 aliphatic heterocycles. The van der Waals surface area contributed by atoms with Gasteiger partial charge in [0.2, 0.25) is 0 Å². The largest absolute Gasteiger partial charge is 0.481 e. The van der Waals surface area contributed by atoms with Crippen LogP contribution in [0.25, 0.3) is 0 Å². The number of halogens is 1. The zero-order chi connectivity index (χ0) is 19.4. The topological polar surface area (TPSA) is 72.8 Å². The number of carboxylic acid groups (broad SMARTS) is 1. The van der Waals surface area contributed by atoms with Crippen LogP contribution in [0.1, 0.15) is 37.7 Å². The van der Waals surface area contributed by atoms with Crippen molar-refractivity contribution in [3.63, 3.8) is 0 Å². The maximum atomic E-state index is 11.2. The molecule has 27 heavy (non-hydrogen) atoms. The van der Waals surface area contributed by atoms with E-state index < -0.39 is 5.97 Å². The van der Waals surface area contributed by atoms with Gasteiger partial charge < -0.3 is 20.4 Å². The van der Waals surface area contributed by atoms with Crippen molar-refractivity contribution in [2.24, 2.45) is 0 Å². The molecule has 0 radical (unpaired) electrons. The molecule has 0 amide bonds. The second kappa shape index (κ2) is 8.63. The van der Waals surface area contributed by atoms with Gasteiger partial charge in [-0.05, 0) is 60.7 Å². The summed E-state index contributed by atoms with van der Waals surface area (Å²) in [6.45, 7) is 3.40. The Labute approximate surface area is 164 Å². The Hall–Kier alpha value is -2.24. The van der Waals surface area contributed by atoms with Gasteiger partial charge in [-0.1, -0.05) is 24.6 Å². The van der Waals surface area contributed by atoms with Crippen LogP contribution in [0.15, 0.2) is 42.5 Å². The highest BCUT2D eigenvalue weighted by Crippen LogP contribution is 2.36. The number of hydrogen-bond donors (Lipinski definition) is 3. The fourth-order valence-corrected chi connectivity index (χ4v) is 3.67. The minimum Gasteiger partial charge on any atom is -0.481 e. The minimum absolute atomic E-state index is 0.0357. The van der Waals surface area contributed by atoms with E-state index in [0.29, 0.717) is 11.6 Å². The molecule has 1 heterocycles. The van der Waals surface area contributed by atoms with Gasteiger partial charge in [-0.25, -0.2) is 0 Å². The Bertz CT molecular complexity index is 795. The highest BCUT2D eigenvalue weighted by molar-refractivity contribution is 6.30. The summed E-state index contributed by atoms with van der Waals surface area (Å²) in [6.07, 6.45) is 1.30. The highest BCUT2D eigenvalue weighted by Gasteiger charge is 2.23. The molecule has 3 rings (SSSR count). The number of benzene rings is 2. The van der Waals surface area contributed by atoms with Crippen molar-refractivity contribution >= 4 is 34.6 Å². The highest BCUT2D eigenvalue weighted by atomic mass is 35.5. The molecule has 2 aromatic carbocycles. The standard InChI is InChI=1S/C21H25ClN2O3/c1-2-14(12-21(26)27)15-3-8-20(24-10-9-18(25)13-24)19(11-15)23-17-6-4-16(22)5-7-17/h3-8,11,14,18,23,25H,2,9-10,12-13H2,1H3,(H,26,27). The average molecular weight is 389 g/mol. The third kappa shape index (κ3) is 4.93. The summed E-state index contributed by atoms with van der Waals surface area (Å²) in [7, 11) is 0. The summed E-state index contributed by atoms with van der Waals surface area (Å²) in [4.78, 5) is 13.4. The number of aliphatic carboxylic acids is 1. The van der Waals surface area contributed by atoms with Gasteiger partial charge in [0.25, 0.3) is 0 Å². The fourth-order valence-electron chi connectivity index (χ4n) is 3.54. The van der Waals surface area contributed by atoms with Crippen LogP contribution in [-0.2, 0) is 4.79 Å². The lowest BCUT2D eigenvalue weighted by molar-refractivity contribution is -0.137. The first kappa shape index (κ1) is 19.5. The number of carboxylic acids is 1. The van der Waals surface area contributed by atoms with Crippen LogP contribution in [0.2, 0.25) is 5.02 Å². The zero-order valence-corrected chi connectivity index (χ0v) is 16.1. The van der Waals surface area contributed by atoms with Crippen LogP contribution in [0, 0.1) is 0 Å². The Morgan fingerprint density at radius 3 is 2.63 bits per heavy atom. The first-order valence-corrected chi connectivity index (χ1v) is 9.65. The summed E-state index contributed by atoms with van der Waals surface area (Å²) >= 11 is 5.98. The number of β-amino-alcohol motifs (C(OH)–C–C–N with tert-alkyl or cyclic N) is 1. The van der Waals surface area contributed by atoms with Crippen molar-refractivity contribution < 1.29 is 15.0 Å². The quantitative estimate of drug-likeness (QED) is 0.645. The molecule has 144 valence electrons. The maximum absolute atomic E-state index is 11.2. The molecule has 5 nitrogen and oxygen atoms in total. The number of carbonyl (C=O) groups is 1. The van der Waals surface area contributed by atoms with Crippen molar-refractivity contribution in [1.82, 2.24) is 0 Å². The minimum atomic E-state index is -0.791. The summed E-state index contributed by atoms with van der Waals surface area (Å²) < 4.78 is 0. The number of anilines is 3. The normalized spacial score (nSPS) is 17.7. The van der Waals surface area contributed by atoms with E-state index >= 15 is 0 Å². The van der Waals surface area contributed by atoms with Crippen LogP contribution in [0.5, 0.6) is 0 Å². The van der Waals surface area contributed by atoms with E-state index in [9.17, 15) is 15.0 Å². The molecule has 2 unspecified atom stereocenters. The Morgan fingerprint density at radius 2 is 2.04 bits per heavy atom. The van der Waals surface area contributed by atoms with Crippen molar-refractivity contribution in [2.45, 2.75) is 38.2 Å². The van der Waals surface area contributed by atoms with Crippen molar-refractivity contribution in [3.05, 3.63) is 53.1 Å². The molecular formula is C21H25ClN2O3. The third-order valence-corrected chi connectivity index (χ3v) is 5.29. The predicted octanol–water partition coefficient (Wildman–Crippen LogP) is 4.62. The molecule has 2 aromatic rings. The molecule has 2 atom stereocenters. The molecule has 0 spiro atoms. The van der Waals surface area contributed by atoms with Gasteiger partial charge in [-0.3, -0.25) is 4.79 Å². The van der Waals surface area contributed by atoms with Gasteiger partial charge in [0.1, 0.15) is 0 Å². The van der Waals surface area contributed by atoms with E-state index in [1.807, 2.05) is 49.4 Å². The number of aliphatic hydroxyl groups is 1. The summed E-state index contributed by atoms with van der Waals surface area (Å²) in [6, 6.07) is 13.5. The van der Waals surface area contributed by atoms with Gasteiger partial charge in [0.15, 0.2) is 0 Å². The molecule has 1 saturated heterocycles. The first-order chi connectivity index (χ1) is 13.0. The lowest BCUT2D eigenvalue weighted by Gasteiger charge is -2.24. The SMILES string of the molecule is CCC(CC(=O)O)c1ccc(N2CCC(O)C2)c(Nc2ccc(Cl)cc2)c1. The van der Waals surface area contributed by atoms with Crippen LogP contribution >= 0.6 is 11.6 Å². The molecule has 6 heteroatoms. The third-order valence-electron chi connectivity index (χ3n) is 5.03. The Balaban J connectivity index is 1.95. The van der Waals surface area contributed by atoms with Gasteiger partial charge >= 0.3 is 5.97 Å². The van der Waals surface area contributed by atoms with E-state index in [2.05, 4.69) is 10.2 Å². The van der Waals surface area contributed by atoms with E-state index in [0.717, 1.165) is 42.0 Å². The predicted molar refractivity (Wildman–Crippen MR) is 109 cm³/mol. The summed E-state index contributed by atoms with van der Waals surface area (Å²) in [5.41, 5.74) is 3.83. The second-order valence-corrected chi connectivity index (χ2v) is 7.44. The number of nitrogens with one attached hydrogen (secondary N) is 1. The van der Waals surface area contributed by atoms with Gasteiger partial charge in [0.05, 0.1) is 23.9 Å². The smallest absolute Gasteiger partial charge is 0.303 e. The molecule has 1 aliphatic rings. The second-order valence-electron chi connectivity index (χ2n) is 7.00. The fraction of sp³-hybridized carbons (Fsp3) is 0.381. The van der Waals surface area contributed by atoms with Gasteiger partial charge in [-0.15, -0.1) is 0 Å². The van der Waals surface area contributed by atoms with Crippen molar-refractivity contribution in [3.8, 4) is 0 Å². The van der Waals surface area contributed by atoms with Crippen molar-refractivity contribution in [1.29, 1.82) is 0 Å². The van der Waals surface area contributed by atoms with E-state index in [1.165, 1.54) is 0 Å². The molecule has 3 N–H and O–H groups in total. The summed E-state index contributed by atoms with van der Waals surface area (Å²) in [5, 5.41) is 23.2. The van der Waals surface area contributed by atoms with Crippen LogP contribution in [0.3, 0.4) is 0 Å². The van der Waals surface area contributed by atoms with Gasteiger partial charge in [-0.2, -0.15) is 0 Å². The van der Waals surface area contributed by atoms with Crippen molar-refractivity contribution in [2.75, 3.05) is 23.3 Å². The molecule has 0 saturated carbocycles. The Kier molecular flexibility index (Phi) is 6.24. The summed E-state index contributed by atoms with van der Waals surface area (Å²) in [5.74, 6) is -0.827. The van der Waals surface area contributed by atoms with E-state index in [1.54, 1.807) is 0 Å². The number of rotatable bonds is 7. The number of hydrogen-bond acceptors (Lipinski definition) is 4. The van der Waals surface area contributed by atoms with Crippen LogP contribution in [-0.4, -0.2) is 35.4 Å². The number of nitrogens with zero attached hydrogens (tertiary/aromatic N) is 1. The molecule has 0 aliphatic carbocycles. The lowest BCUT2D eigenvalue weighted by atomic mass is 9.92.